The van der Waals surface area contributed by atoms with Crippen LogP contribution in [0.2, 0.25) is 0 Å². The van der Waals surface area contributed by atoms with Crippen molar-refractivity contribution in [3.8, 4) is 0 Å². The quantitative estimate of drug-likeness (QED) is 0.784. The highest BCUT2D eigenvalue weighted by Gasteiger charge is 2.21. The minimum absolute atomic E-state index is 0.355. The molecule has 0 spiro atoms. The van der Waals surface area contributed by atoms with Crippen LogP contribution in [0.15, 0.2) is 18.6 Å². The van der Waals surface area contributed by atoms with Gasteiger partial charge in [0.15, 0.2) is 0 Å². The monoisotopic (exact) mass is 206 g/mol. The van der Waals surface area contributed by atoms with Gasteiger partial charge in [0.2, 0.25) is 0 Å². The molecule has 1 aromatic heterocycles. The first-order valence-corrected chi connectivity index (χ1v) is 5.62. The Kier molecular flexibility index (Phi) is 3.50. The zero-order valence-corrected chi connectivity index (χ0v) is 8.89. The Morgan fingerprint density at radius 3 is 3.00 bits per heavy atom. The summed E-state index contributed by atoms with van der Waals surface area (Å²) < 4.78 is 0. The molecule has 2 unspecified atom stereocenters. The summed E-state index contributed by atoms with van der Waals surface area (Å²) in [6.07, 6.45) is 8.30. The van der Waals surface area contributed by atoms with Gasteiger partial charge in [-0.2, -0.15) is 0 Å². The lowest BCUT2D eigenvalue weighted by atomic mass is 9.85. The summed E-state index contributed by atoms with van der Waals surface area (Å²) in [6, 6.07) is 2.24. The van der Waals surface area contributed by atoms with Crippen LogP contribution in [0.3, 0.4) is 0 Å². The van der Waals surface area contributed by atoms with Crippen LogP contribution in [-0.4, -0.2) is 22.6 Å². The fourth-order valence-corrected chi connectivity index (χ4v) is 2.12. The van der Waals surface area contributed by atoms with E-state index in [2.05, 4.69) is 15.3 Å². The smallest absolute Gasteiger partial charge is 0.129 e. The van der Waals surface area contributed by atoms with Crippen LogP contribution < -0.4 is 11.1 Å². The molecular weight excluding hydrogens is 188 g/mol. The second-order valence-corrected chi connectivity index (χ2v) is 4.18. The fraction of sp³-hybridized carbons (Fsp3) is 0.636. The van der Waals surface area contributed by atoms with Crippen molar-refractivity contribution in [3.05, 3.63) is 18.6 Å². The van der Waals surface area contributed by atoms with Gasteiger partial charge in [-0.05, 0) is 24.8 Å². The largest absolute Gasteiger partial charge is 0.370 e. The molecule has 2 rings (SSSR count). The second-order valence-electron chi connectivity index (χ2n) is 4.18. The molecule has 0 saturated heterocycles. The van der Waals surface area contributed by atoms with Crippen LogP contribution in [0, 0.1) is 5.92 Å². The van der Waals surface area contributed by atoms with E-state index in [0.29, 0.717) is 12.0 Å². The highest BCUT2D eigenvalue weighted by Crippen LogP contribution is 2.22. The van der Waals surface area contributed by atoms with Gasteiger partial charge in [-0.15, -0.1) is 0 Å². The lowest BCUT2D eigenvalue weighted by Gasteiger charge is -2.28. The van der Waals surface area contributed by atoms with E-state index in [0.717, 1.165) is 18.8 Å². The highest BCUT2D eigenvalue weighted by molar-refractivity contribution is 5.31. The van der Waals surface area contributed by atoms with Crippen LogP contribution in [0.4, 0.5) is 5.82 Å². The summed E-state index contributed by atoms with van der Waals surface area (Å²) in [5.74, 6) is 1.48. The van der Waals surface area contributed by atoms with E-state index in [1.807, 2.05) is 6.07 Å². The third-order valence-electron chi connectivity index (χ3n) is 3.10. The van der Waals surface area contributed by atoms with Crippen molar-refractivity contribution in [1.29, 1.82) is 0 Å². The maximum atomic E-state index is 6.07. The highest BCUT2D eigenvalue weighted by atomic mass is 15.0. The Morgan fingerprint density at radius 1 is 1.40 bits per heavy atom. The number of nitrogens with zero attached hydrogens (tertiary/aromatic N) is 2. The molecule has 4 nitrogen and oxygen atoms in total. The van der Waals surface area contributed by atoms with Gasteiger partial charge >= 0.3 is 0 Å². The molecule has 1 aliphatic rings. The normalized spacial score (nSPS) is 26.2. The fourth-order valence-electron chi connectivity index (χ4n) is 2.12. The predicted molar refractivity (Wildman–Crippen MR) is 60.5 cm³/mol. The number of anilines is 1. The topological polar surface area (TPSA) is 63.8 Å². The molecule has 1 fully saturated rings. The van der Waals surface area contributed by atoms with Gasteiger partial charge in [0.25, 0.3) is 0 Å². The summed E-state index contributed by atoms with van der Waals surface area (Å²) in [7, 11) is 0. The molecule has 82 valence electrons. The van der Waals surface area contributed by atoms with E-state index in [-0.39, 0.29) is 0 Å². The molecule has 2 atom stereocenters. The van der Waals surface area contributed by atoms with E-state index in [9.17, 15) is 0 Å². The van der Waals surface area contributed by atoms with Gasteiger partial charge in [0.1, 0.15) is 12.1 Å². The molecule has 0 amide bonds. The molecule has 1 aliphatic carbocycles. The number of hydrogen-bond donors (Lipinski definition) is 2. The molecule has 0 bridgehead atoms. The van der Waals surface area contributed by atoms with Gasteiger partial charge in [-0.3, -0.25) is 0 Å². The second kappa shape index (κ2) is 5.07. The average molecular weight is 206 g/mol. The first kappa shape index (κ1) is 10.4. The molecule has 0 aliphatic heterocycles. The van der Waals surface area contributed by atoms with Gasteiger partial charge in [0.05, 0.1) is 0 Å². The molecule has 4 heteroatoms. The van der Waals surface area contributed by atoms with Crippen molar-refractivity contribution < 1.29 is 0 Å². The molecule has 1 heterocycles. The Hall–Kier alpha value is -1.16. The maximum absolute atomic E-state index is 6.07. The van der Waals surface area contributed by atoms with Crippen molar-refractivity contribution in [2.45, 2.75) is 31.7 Å². The minimum Gasteiger partial charge on any atom is -0.370 e. The van der Waals surface area contributed by atoms with E-state index >= 15 is 0 Å². The molecular formula is C11H18N4. The van der Waals surface area contributed by atoms with Crippen LogP contribution >= 0.6 is 0 Å². The summed E-state index contributed by atoms with van der Waals surface area (Å²) in [6.45, 7) is 0.929. The first-order chi connectivity index (χ1) is 7.36. The van der Waals surface area contributed by atoms with Crippen molar-refractivity contribution >= 4 is 5.82 Å². The van der Waals surface area contributed by atoms with Crippen LogP contribution in [-0.2, 0) is 0 Å². The SMILES string of the molecule is NC1CCCCC1CNc1ccncn1. The first-order valence-electron chi connectivity index (χ1n) is 5.62. The number of rotatable bonds is 3. The van der Waals surface area contributed by atoms with E-state index in [4.69, 9.17) is 5.73 Å². The summed E-state index contributed by atoms with van der Waals surface area (Å²) >= 11 is 0. The van der Waals surface area contributed by atoms with E-state index in [1.54, 1.807) is 12.5 Å². The summed E-state index contributed by atoms with van der Waals surface area (Å²) in [5.41, 5.74) is 6.07. The van der Waals surface area contributed by atoms with E-state index < -0.39 is 0 Å². The average Bonchev–Trinajstić information content (AvgIpc) is 2.29. The molecule has 1 saturated carbocycles. The van der Waals surface area contributed by atoms with Crippen LogP contribution in [0.5, 0.6) is 0 Å². The third-order valence-corrected chi connectivity index (χ3v) is 3.10. The molecule has 0 aromatic carbocycles. The van der Waals surface area contributed by atoms with Crippen LogP contribution in [0.25, 0.3) is 0 Å². The Labute approximate surface area is 90.3 Å². The van der Waals surface area contributed by atoms with Crippen molar-refractivity contribution in [1.82, 2.24) is 9.97 Å². The zero-order valence-electron chi connectivity index (χ0n) is 8.89. The van der Waals surface area contributed by atoms with Crippen molar-refractivity contribution in [2.24, 2.45) is 11.7 Å². The van der Waals surface area contributed by atoms with Gasteiger partial charge in [-0.25, -0.2) is 9.97 Å². The third kappa shape index (κ3) is 2.89. The van der Waals surface area contributed by atoms with Gasteiger partial charge < -0.3 is 11.1 Å². The zero-order chi connectivity index (χ0) is 10.5. The summed E-state index contributed by atoms with van der Waals surface area (Å²) in [5, 5.41) is 3.31. The van der Waals surface area contributed by atoms with Gasteiger partial charge in [0, 0.05) is 18.8 Å². The van der Waals surface area contributed by atoms with Crippen LogP contribution in [0.1, 0.15) is 25.7 Å². The Morgan fingerprint density at radius 2 is 2.27 bits per heavy atom. The number of nitrogens with two attached hydrogens (primary N) is 1. The predicted octanol–water partition coefficient (Wildman–Crippen LogP) is 1.41. The molecule has 15 heavy (non-hydrogen) atoms. The number of nitrogens with one attached hydrogen (secondary N) is 1. The lowest BCUT2D eigenvalue weighted by Crippen LogP contribution is -2.37. The Bertz CT molecular complexity index is 288. The number of hydrogen-bond acceptors (Lipinski definition) is 4. The van der Waals surface area contributed by atoms with Crippen molar-refractivity contribution in [3.63, 3.8) is 0 Å². The number of aromatic nitrogens is 2. The minimum atomic E-state index is 0.355. The van der Waals surface area contributed by atoms with Gasteiger partial charge in [-0.1, -0.05) is 12.8 Å². The van der Waals surface area contributed by atoms with E-state index in [1.165, 1.54) is 19.3 Å². The lowest BCUT2D eigenvalue weighted by molar-refractivity contribution is 0.321. The Balaban J connectivity index is 1.82. The molecule has 3 N–H and O–H groups in total. The molecule has 0 radical (unpaired) electrons. The summed E-state index contributed by atoms with van der Waals surface area (Å²) in [4.78, 5) is 8.00. The standard InChI is InChI=1S/C11H18N4/c12-10-4-2-1-3-9(10)7-14-11-5-6-13-8-15-11/h5-6,8-10H,1-4,7,12H2,(H,13,14,15). The maximum Gasteiger partial charge on any atom is 0.129 e. The molecule has 1 aromatic rings. The van der Waals surface area contributed by atoms with Crippen molar-refractivity contribution in [2.75, 3.05) is 11.9 Å².